The maximum atomic E-state index is 2.42. The average Bonchev–Trinajstić information content (AvgIpc) is 3.88. The summed E-state index contributed by atoms with van der Waals surface area (Å²) in [4.78, 5) is 2.42. The third kappa shape index (κ3) is 5.93. The number of para-hydroxylation sites is 3. The second-order valence-electron chi connectivity index (χ2n) is 15.7. The van der Waals surface area contributed by atoms with Crippen LogP contribution in [0.1, 0.15) is 0 Å². The first-order valence-corrected chi connectivity index (χ1v) is 21.7. The Morgan fingerprint density at radius 2 is 0.820 bits per heavy atom. The molecule has 0 spiro atoms. The molecule has 0 radical (unpaired) electrons. The van der Waals surface area contributed by atoms with Gasteiger partial charge in [-0.25, -0.2) is 0 Å². The third-order valence-electron chi connectivity index (χ3n) is 12.2. The van der Waals surface area contributed by atoms with Gasteiger partial charge in [0.25, 0.3) is 0 Å². The fraction of sp³-hybridized carbons (Fsp3) is 0. The van der Waals surface area contributed by atoms with E-state index in [1.54, 1.807) is 0 Å². The highest BCUT2D eigenvalue weighted by Gasteiger charge is 2.20. The Hall–Kier alpha value is -7.72. The number of rotatable bonds is 7. The van der Waals surface area contributed by atoms with E-state index in [0.717, 1.165) is 22.7 Å². The number of hydrogen-bond donors (Lipinski definition) is 0. The van der Waals surface area contributed by atoms with E-state index in [1.165, 1.54) is 86.1 Å². The summed E-state index contributed by atoms with van der Waals surface area (Å²) in [5, 5.41) is 7.65. The van der Waals surface area contributed by atoms with Gasteiger partial charge in [-0.1, -0.05) is 170 Å². The second kappa shape index (κ2) is 14.5. The zero-order chi connectivity index (χ0) is 40.3. The van der Waals surface area contributed by atoms with Crippen LogP contribution in [0.4, 0.5) is 17.1 Å². The van der Waals surface area contributed by atoms with Crippen molar-refractivity contribution in [2.24, 2.45) is 0 Å². The van der Waals surface area contributed by atoms with Gasteiger partial charge in [0.1, 0.15) is 0 Å². The SMILES string of the molecule is c1ccc(N(c2ccc(-c3ccc(-c4cccc5ccccc45)cc3)cc2)c2ccc(-n3c4ccccc4c4ccccc43)cc2)c(-c2cccc3c2sc2ccccc23)c1. The number of fused-ring (bicyclic) bond motifs is 7. The fourth-order valence-electron chi connectivity index (χ4n) is 9.36. The van der Waals surface area contributed by atoms with Crippen molar-refractivity contribution >= 4 is 81.1 Å². The zero-order valence-electron chi connectivity index (χ0n) is 33.2. The summed E-state index contributed by atoms with van der Waals surface area (Å²) in [6.45, 7) is 0. The highest BCUT2D eigenvalue weighted by molar-refractivity contribution is 7.26. The normalized spacial score (nSPS) is 11.6. The van der Waals surface area contributed by atoms with Crippen LogP contribution in [0, 0.1) is 0 Å². The van der Waals surface area contributed by atoms with Gasteiger partial charge in [0, 0.05) is 59.1 Å². The molecule has 0 aliphatic rings. The van der Waals surface area contributed by atoms with E-state index < -0.39 is 0 Å². The zero-order valence-corrected chi connectivity index (χ0v) is 34.1. The minimum Gasteiger partial charge on any atom is -0.310 e. The van der Waals surface area contributed by atoms with Crippen LogP contribution < -0.4 is 4.90 Å². The molecule has 0 saturated heterocycles. The number of anilines is 3. The van der Waals surface area contributed by atoms with E-state index in [0.29, 0.717) is 0 Å². The molecule has 0 atom stereocenters. The van der Waals surface area contributed by atoms with E-state index in [2.05, 4.69) is 240 Å². The van der Waals surface area contributed by atoms with Crippen LogP contribution in [-0.4, -0.2) is 4.57 Å². The molecule has 3 heteroatoms. The Balaban J connectivity index is 0.978. The molecule has 12 aromatic rings. The minimum absolute atomic E-state index is 1.09. The molecule has 0 N–H and O–H groups in total. The van der Waals surface area contributed by atoms with Crippen molar-refractivity contribution in [2.45, 2.75) is 0 Å². The van der Waals surface area contributed by atoms with E-state index in [9.17, 15) is 0 Å². The van der Waals surface area contributed by atoms with Gasteiger partial charge in [0.15, 0.2) is 0 Å². The summed E-state index contributed by atoms with van der Waals surface area (Å²) >= 11 is 1.88. The number of aromatic nitrogens is 1. The van der Waals surface area contributed by atoms with Crippen LogP contribution >= 0.6 is 11.3 Å². The summed E-state index contributed by atoms with van der Waals surface area (Å²) < 4.78 is 5.00. The van der Waals surface area contributed by atoms with Crippen molar-refractivity contribution < 1.29 is 0 Å². The molecular formula is C58H38N2S. The molecule has 0 saturated carbocycles. The topological polar surface area (TPSA) is 8.17 Å². The highest BCUT2D eigenvalue weighted by Crippen LogP contribution is 2.46. The molecule has 61 heavy (non-hydrogen) atoms. The highest BCUT2D eigenvalue weighted by atomic mass is 32.1. The van der Waals surface area contributed by atoms with Crippen molar-refractivity contribution in [3.8, 4) is 39.1 Å². The number of benzene rings is 10. The monoisotopic (exact) mass is 794 g/mol. The lowest BCUT2D eigenvalue weighted by Crippen LogP contribution is -2.11. The van der Waals surface area contributed by atoms with Gasteiger partial charge in [-0.2, -0.15) is 0 Å². The minimum atomic E-state index is 1.09. The summed E-state index contributed by atoms with van der Waals surface area (Å²) in [6.07, 6.45) is 0. The van der Waals surface area contributed by atoms with Crippen LogP contribution in [0.3, 0.4) is 0 Å². The van der Waals surface area contributed by atoms with Crippen LogP contribution in [0.25, 0.3) is 91.8 Å². The largest absolute Gasteiger partial charge is 0.310 e. The second-order valence-corrected chi connectivity index (χ2v) is 16.7. The first-order valence-electron chi connectivity index (χ1n) is 20.8. The first-order chi connectivity index (χ1) is 30.3. The van der Waals surface area contributed by atoms with Gasteiger partial charge in [-0.05, 0) is 93.7 Å². The van der Waals surface area contributed by atoms with Crippen molar-refractivity contribution in [1.29, 1.82) is 0 Å². The van der Waals surface area contributed by atoms with Crippen molar-refractivity contribution in [3.63, 3.8) is 0 Å². The van der Waals surface area contributed by atoms with Crippen molar-refractivity contribution in [2.75, 3.05) is 4.90 Å². The molecule has 0 aliphatic carbocycles. The lowest BCUT2D eigenvalue weighted by atomic mass is 9.96. The van der Waals surface area contributed by atoms with Crippen molar-refractivity contribution in [3.05, 3.63) is 231 Å². The quantitative estimate of drug-likeness (QED) is 0.156. The molecule has 0 unspecified atom stereocenters. The first kappa shape index (κ1) is 35.2. The third-order valence-corrected chi connectivity index (χ3v) is 13.4. The molecule has 0 bridgehead atoms. The van der Waals surface area contributed by atoms with Gasteiger partial charge < -0.3 is 9.47 Å². The molecule has 286 valence electrons. The summed E-state index contributed by atoms with van der Waals surface area (Å²) in [7, 11) is 0. The molecule has 12 rings (SSSR count). The lowest BCUT2D eigenvalue weighted by Gasteiger charge is -2.28. The van der Waals surface area contributed by atoms with Crippen LogP contribution in [-0.2, 0) is 0 Å². The van der Waals surface area contributed by atoms with Gasteiger partial charge in [0.05, 0.1) is 16.7 Å². The van der Waals surface area contributed by atoms with Gasteiger partial charge >= 0.3 is 0 Å². The molecule has 0 aliphatic heterocycles. The Bertz CT molecular complexity index is 3520. The summed E-state index contributed by atoms with van der Waals surface area (Å²) in [5.41, 5.74) is 14.1. The van der Waals surface area contributed by atoms with Gasteiger partial charge in [-0.15, -0.1) is 11.3 Å². The van der Waals surface area contributed by atoms with E-state index in [1.807, 2.05) is 11.3 Å². The number of hydrogen-bond acceptors (Lipinski definition) is 2. The predicted molar refractivity (Wildman–Crippen MR) is 262 cm³/mol. The lowest BCUT2D eigenvalue weighted by molar-refractivity contribution is 1.17. The van der Waals surface area contributed by atoms with Crippen LogP contribution in [0.5, 0.6) is 0 Å². The molecule has 2 nitrogen and oxygen atoms in total. The fourth-order valence-corrected chi connectivity index (χ4v) is 10.6. The molecule has 0 amide bonds. The Kier molecular flexibility index (Phi) is 8.39. The van der Waals surface area contributed by atoms with Gasteiger partial charge in [-0.3, -0.25) is 0 Å². The van der Waals surface area contributed by atoms with Crippen LogP contribution in [0.2, 0.25) is 0 Å². The maximum Gasteiger partial charge on any atom is 0.0541 e. The molecular weight excluding hydrogens is 757 g/mol. The molecule has 2 aromatic heterocycles. The Labute approximate surface area is 358 Å². The summed E-state index contributed by atoms with van der Waals surface area (Å²) in [5.74, 6) is 0. The Morgan fingerprint density at radius 3 is 1.56 bits per heavy atom. The summed E-state index contributed by atoms with van der Waals surface area (Å²) in [6, 6.07) is 84.1. The number of nitrogens with zero attached hydrogens (tertiary/aromatic N) is 2. The van der Waals surface area contributed by atoms with Gasteiger partial charge in [0.2, 0.25) is 0 Å². The van der Waals surface area contributed by atoms with E-state index in [4.69, 9.17) is 0 Å². The van der Waals surface area contributed by atoms with E-state index >= 15 is 0 Å². The van der Waals surface area contributed by atoms with Crippen LogP contribution in [0.15, 0.2) is 231 Å². The standard InChI is InChI=1S/C58H38N2S/c1-2-15-46-41(13-1)14-11-20-47(46)42-29-27-39(28-30-42)40-31-33-43(34-32-40)59(44-35-37-45(38-36-44)60-55-24-8-3-16-48(55)49-17-4-9-25-56(49)60)54-23-7-5-18-50(54)52-21-12-22-53-51-19-6-10-26-57(51)61-58(52)53/h1-38H. The van der Waals surface area contributed by atoms with Crippen molar-refractivity contribution in [1.82, 2.24) is 4.57 Å². The number of thiophene rings is 1. The smallest absolute Gasteiger partial charge is 0.0541 e. The van der Waals surface area contributed by atoms with E-state index in [-0.39, 0.29) is 0 Å². The predicted octanol–water partition coefficient (Wildman–Crippen LogP) is 16.8. The molecule has 10 aromatic carbocycles. The molecule has 0 fully saturated rings. The molecule has 2 heterocycles. The average molecular weight is 795 g/mol. The Morgan fingerprint density at radius 1 is 0.328 bits per heavy atom. The maximum absolute atomic E-state index is 2.42.